The molecule has 0 aliphatic carbocycles. The molecule has 2 rings (SSSR count). The number of nitrogens with one attached hydrogen (secondary N) is 1. The lowest BCUT2D eigenvalue weighted by atomic mass is 10.0. The van der Waals surface area contributed by atoms with Crippen molar-refractivity contribution in [2.45, 2.75) is 12.0 Å². The Labute approximate surface area is 122 Å². The second-order valence-electron chi connectivity index (χ2n) is 4.07. The number of benzene rings is 1. The number of halogens is 2. The molecule has 1 saturated heterocycles. The van der Waals surface area contributed by atoms with E-state index in [-0.39, 0.29) is 11.7 Å². The van der Waals surface area contributed by atoms with Crippen LogP contribution < -0.4 is 5.32 Å². The smallest absolute Gasteiger partial charge is 0.253 e. The molecule has 1 aliphatic rings. The highest BCUT2D eigenvalue weighted by Gasteiger charge is 2.36. The third-order valence-corrected chi connectivity index (χ3v) is 4.85. The molecule has 1 aromatic rings. The fraction of sp³-hybridized carbons (Fsp3) is 0.333. The molecule has 1 unspecified atom stereocenters. The van der Waals surface area contributed by atoms with Gasteiger partial charge in [-0.25, -0.2) is 4.39 Å². The molecule has 6 heteroatoms. The third-order valence-electron chi connectivity index (χ3n) is 2.76. The van der Waals surface area contributed by atoms with Gasteiger partial charge in [-0.05, 0) is 53.0 Å². The predicted molar refractivity (Wildman–Crippen MR) is 76.9 cm³/mol. The summed E-state index contributed by atoms with van der Waals surface area (Å²) in [5.74, 6) is 0.785. The Morgan fingerprint density at radius 2 is 2.39 bits per heavy atom. The number of hydrogen-bond donors (Lipinski definition) is 1. The number of carbonyl (C=O) groups excluding carboxylic acids is 1. The molecular weight excluding hydrogens is 366 g/mol. The van der Waals surface area contributed by atoms with Crippen molar-refractivity contribution >= 4 is 40.3 Å². The van der Waals surface area contributed by atoms with Crippen molar-refractivity contribution in [2.75, 3.05) is 11.5 Å². The average molecular weight is 376 g/mol. The van der Waals surface area contributed by atoms with Gasteiger partial charge >= 0.3 is 0 Å². The van der Waals surface area contributed by atoms with E-state index in [4.69, 9.17) is 0 Å². The van der Waals surface area contributed by atoms with Gasteiger partial charge in [0.25, 0.3) is 5.91 Å². The van der Waals surface area contributed by atoms with Crippen LogP contribution in [0.4, 0.5) is 4.39 Å². The maximum Gasteiger partial charge on any atom is 0.253 e. The van der Waals surface area contributed by atoms with Crippen molar-refractivity contribution < 1.29 is 9.18 Å². The number of hydrogen-bond acceptors (Lipinski definition) is 3. The summed E-state index contributed by atoms with van der Waals surface area (Å²) in [5, 5.41) is 12.0. The molecule has 1 aromatic carbocycles. The van der Waals surface area contributed by atoms with E-state index in [1.165, 1.54) is 18.2 Å². The summed E-state index contributed by atoms with van der Waals surface area (Å²) in [7, 11) is 0. The van der Waals surface area contributed by atoms with Crippen LogP contribution in [0.5, 0.6) is 0 Å². The van der Waals surface area contributed by atoms with Gasteiger partial charge in [0, 0.05) is 9.32 Å². The van der Waals surface area contributed by atoms with Crippen molar-refractivity contribution in [1.29, 1.82) is 5.26 Å². The zero-order chi connectivity index (χ0) is 13.2. The molecule has 1 heterocycles. The van der Waals surface area contributed by atoms with Crippen molar-refractivity contribution in [3.05, 3.63) is 33.1 Å². The first-order chi connectivity index (χ1) is 8.56. The Kier molecular flexibility index (Phi) is 4.12. The molecule has 0 saturated carbocycles. The lowest BCUT2D eigenvalue weighted by molar-refractivity contribution is 0.0925. The van der Waals surface area contributed by atoms with Crippen LogP contribution in [0, 0.1) is 20.7 Å². The molecule has 1 aliphatic heterocycles. The predicted octanol–water partition coefficient (Wildman–Crippen LogP) is 2.56. The average Bonchev–Trinajstić information content (AvgIpc) is 2.78. The van der Waals surface area contributed by atoms with Crippen molar-refractivity contribution in [3.8, 4) is 6.07 Å². The van der Waals surface area contributed by atoms with Gasteiger partial charge in [0.05, 0.1) is 11.6 Å². The molecule has 94 valence electrons. The number of nitriles is 1. The van der Waals surface area contributed by atoms with Crippen LogP contribution in [-0.2, 0) is 0 Å². The van der Waals surface area contributed by atoms with Crippen LogP contribution in [0.25, 0.3) is 0 Å². The number of nitrogens with zero attached hydrogens (tertiary/aromatic N) is 1. The van der Waals surface area contributed by atoms with E-state index in [0.29, 0.717) is 21.3 Å². The number of rotatable bonds is 2. The van der Waals surface area contributed by atoms with Crippen LogP contribution in [0.2, 0.25) is 0 Å². The van der Waals surface area contributed by atoms with Crippen molar-refractivity contribution in [3.63, 3.8) is 0 Å². The lowest BCUT2D eigenvalue weighted by Crippen LogP contribution is -2.47. The molecule has 0 bridgehead atoms. The van der Waals surface area contributed by atoms with Gasteiger partial charge in [0.1, 0.15) is 11.4 Å². The second kappa shape index (κ2) is 5.45. The Hall–Kier alpha value is -0.810. The van der Waals surface area contributed by atoms with E-state index in [0.717, 1.165) is 5.75 Å². The molecule has 1 amide bonds. The minimum Gasteiger partial charge on any atom is -0.333 e. The van der Waals surface area contributed by atoms with E-state index in [9.17, 15) is 14.4 Å². The van der Waals surface area contributed by atoms with Gasteiger partial charge in [-0.2, -0.15) is 17.0 Å². The summed E-state index contributed by atoms with van der Waals surface area (Å²) in [5.41, 5.74) is -0.373. The maximum absolute atomic E-state index is 13.0. The fourth-order valence-electron chi connectivity index (χ4n) is 1.74. The molecule has 1 atom stereocenters. The molecule has 1 N–H and O–H groups in total. The molecule has 0 aromatic heterocycles. The molecular formula is C12H10FIN2OS. The van der Waals surface area contributed by atoms with Gasteiger partial charge in [-0.1, -0.05) is 0 Å². The third kappa shape index (κ3) is 2.78. The lowest BCUT2D eigenvalue weighted by Gasteiger charge is -2.21. The van der Waals surface area contributed by atoms with E-state index >= 15 is 0 Å². The normalized spacial score (nSPS) is 22.5. The van der Waals surface area contributed by atoms with Gasteiger partial charge in [-0.3, -0.25) is 4.79 Å². The van der Waals surface area contributed by atoms with E-state index in [2.05, 4.69) is 11.4 Å². The number of thioether (sulfide) groups is 1. The zero-order valence-corrected chi connectivity index (χ0v) is 12.3. The van der Waals surface area contributed by atoms with E-state index in [1.54, 1.807) is 11.8 Å². The topological polar surface area (TPSA) is 52.9 Å². The number of amides is 1. The van der Waals surface area contributed by atoms with Gasteiger partial charge < -0.3 is 5.32 Å². The van der Waals surface area contributed by atoms with Crippen LogP contribution in [-0.4, -0.2) is 23.0 Å². The van der Waals surface area contributed by atoms with E-state index < -0.39 is 5.54 Å². The van der Waals surface area contributed by atoms with Crippen LogP contribution in [0.1, 0.15) is 16.8 Å². The van der Waals surface area contributed by atoms with Gasteiger partial charge in [-0.15, -0.1) is 0 Å². The van der Waals surface area contributed by atoms with Gasteiger partial charge in [0.2, 0.25) is 0 Å². The first-order valence-electron chi connectivity index (χ1n) is 5.33. The largest absolute Gasteiger partial charge is 0.333 e. The summed E-state index contributed by atoms with van der Waals surface area (Å²) in [6.45, 7) is 0. The Bertz CT molecular complexity index is 523. The summed E-state index contributed by atoms with van der Waals surface area (Å²) in [4.78, 5) is 12.1. The Morgan fingerprint density at radius 1 is 1.61 bits per heavy atom. The van der Waals surface area contributed by atoms with E-state index in [1.807, 2.05) is 22.6 Å². The highest BCUT2D eigenvalue weighted by molar-refractivity contribution is 14.1. The minimum atomic E-state index is -0.779. The monoisotopic (exact) mass is 376 g/mol. The Morgan fingerprint density at radius 3 is 2.94 bits per heavy atom. The van der Waals surface area contributed by atoms with Gasteiger partial charge in [0.15, 0.2) is 0 Å². The summed E-state index contributed by atoms with van der Waals surface area (Å²) in [6.07, 6.45) is 0.650. The number of carbonyl (C=O) groups is 1. The first kappa shape index (κ1) is 13.6. The Balaban J connectivity index is 2.19. The molecule has 0 radical (unpaired) electrons. The maximum atomic E-state index is 13.0. The highest BCUT2D eigenvalue weighted by atomic mass is 127. The minimum absolute atomic E-state index is 0.316. The highest BCUT2D eigenvalue weighted by Crippen LogP contribution is 2.28. The van der Waals surface area contributed by atoms with Crippen LogP contribution >= 0.6 is 34.4 Å². The molecule has 3 nitrogen and oxygen atoms in total. The van der Waals surface area contributed by atoms with Crippen molar-refractivity contribution in [1.82, 2.24) is 5.32 Å². The van der Waals surface area contributed by atoms with Crippen molar-refractivity contribution in [2.24, 2.45) is 0 Å². The summed E-state index contributed by atoms with van der Waals surface area (Å²) >= 11 is 3.57. The second-order valence-corrected chi connectivity index (χ2v) is 6.34. The SMILES string of the molecule is N#CC1(NC(=O)c2ccc(F)cc2I)CCSC1. The molecule has 18 heavy (non-hydrogen) atoms. The summed E-state index contributed by atoms with van der Waals surface area (Å²) in [6, 6.07) is 6.18. The zero-order valence-electron chi connectivity index (χ0n) is 9.37. The summed E-state index contributed by atoms with van der Waals surface area (Å²) < 4.78 is 13.5. The first-order valence-corrected chi connectivity index (χ1v) is 7.56. The fourth-order valence-corrected chi connectivity index (χ4v) is 3.73. The standard InChI is InChI=1S/C12H10FIN2OS/c13-8-1-2-9(10(14)5-8)11(17)16-12(6-15)3-4-18-7-12/h1-2,5H,3-4,7H2,(H,16,17). The quantitative estimate of drug-likeness (QED) is 0.808. The van der Waals surface area contributed by atoms with Crippen LogP contribution in [0.3, 0.4) is 0 Å². The molecule has 1 fully saturated rings. The van der Waals surface area contributed by atoms with Crippen LogP contribution in [0.15, 0.2) is 18.2 Å². The molecule has 0 spiro atoms.